The smallest absolute Gasteiger partial charge is 0.261 e. The summed E-state index contributed by atoms with van der Waals surface area (Å²) in [5.74, 6) is 0.411. The third-order valence-corrected chi connectivity index (χ3v) is 3.96. The molecule has 0 spiro atoms. The molecule has 1 aliphatic rings. The lowest BCUT2D eigenvalue weighted by Gasteiger charge is -2.25. The molecule has 1 fully saturated rings. The zero-order valence-corrected chi connectivity index (χ0v) is 12.8. The van der Waals surface area contributed by atoms with Gasteiger partial charge in [0.2, 0.25) is 0 Å². The molecule has 1 aliphatic heterocycles. The second-order valence-electron chi connectivity index (χ2n) is 4.89. The first-order chi connectivity index (χ1) is 9.56. The number of halogens is 2. The van der Waals surface area contributed by atoms with Crippen molar-refractivity contribution in [3.63, 3.8) is 0 Å². The molecule has 2 atom stereocenters. The van der Waals surface area contributed by atoms with Crippen LogP contribution in [0, 0.1) is 0 Å². The molecule has 1 aromatic carbocycles. The number of benzene rings is 1. The Hall–Kier alpha value is -0.970. The first-order valence-corrected chi connectivity index (χ1v) is 7.44. The minimum Gasteiger partial charge on any atom is -0.481 e. The fourth-order valence-corrected chi connectivity index (χ4v) is 2.39. The topological polar surface area (TPSA) is 50.4 Å². The molecule has 0 radical (unpaired) electrons. The predicted octanol–water partition coefficient (Wildman–Crippen LogP) is 2.63. The highest BCUT2D eigenvalue weighted by Gasteiger charge is 2.20. The number of amides is 1. The summed E-state index contributed by atoms with van der Waals surface area (Å²) in [6, 6.07) is 5.13. The maximum Gasteiger partial charge on any atom is 0.261 e. The Morgan fingerprint density at radius 3 is 2.90 bits per heavy atom. The van der Waals surface area contributed by atoms with E-state index < -0.39 is 6.10 Å². The number of rotatable bonds is 4. The lowest BCUT2D eigenvalue weighted by molar-refractivity contribution is -0.128. The van der Waals surface area contributed by atoms with Gasteiger partial charge >= 0.3 is 0 Å². The Bertz CT molecular complexity index is 476. The fraction of sp³-hybridized carbons (Fsp3) is 0.500. The first-order valence-electron chi connectivity index (χ1n) is 6.69. The minimum absolute atomic E-state index is 0.121. The van der Waals surface area contributed by atoms with E-state index in [-0.39, 0.29) is 11.9 Å². The molecule has 4 nitrogen and oxygen atoms in total. The maximum atomic E-state index is 12.0. The van der Waals surface area contributed by atoms with Crippen molar-refractivity contribution >= 4 is 29.1 Å². The van der Waals surface area contributed by atoms with E-state index in [9.17, 15) is 4.79 Å². The summed E-state index contributed by atoms with van der Waals surface area (Å²) >= 11 is 11.7. The number of nitrogens with one attached hydrogen (secondary N) is 2. The van der Waals surface area contributed by atoms with Crippen LogP contribution in [0.5, 0.6) is 5.75 Å². The van der Waals surface area contributed by atoms with Gasteiger partial charge in [0.25, 0.3) is 5.91 Å². The molecule has 0 aromatic heterocycles. The van der Waals surface area contributed by atoms with Crippen LogP contribution in [-0.4, -0.2) is 31.1 Å². The Morgan fingerprint density at radius 2 is 2.25 bits per heavy atom. The monoisotopic (exact) mass is 316 g/mol. The summed E-state index contributed by atoms with van der Waals surface area (Å²) in [6.45, 7) is 3.54. The number of carbonyl (C=O) groups excluding carboxylic acids is 1. The van der Waals surface area contributed by atoms with Crippen LogP contribution in [0.15, 0.2) is 18.2 Å². The molecule has 1 aromatic rings. The van der Waals surface area contributed by atoms with E-state index in [2.05, 4.69) is 10.6 Å². The van der Waals surface area contributed by atoms with Crippen LogP contribution in [0.25, 0.3) is 0 Å². The third-order valence-electron chi connectivity index (χ3n) is 3.22. The van der Waals surface area contributed by atoms with Gasteiger partial charge in [-0.1, -0.05) is 23.2 Å². The molecular formula is C14H18Cl2N2O2. The van der Waals surface area contributed by atoms with Gasteiger partial charge in [-0.3, -0.25) is 4.79 Å². The lowest BCUT2D eigenvalue weighted by atomic mass is 10.1. The molecule has 0 aliphatic carbocycles. The fourth-order valence-electron chi connectivity index (χ4n) is 2.10. The average molecular weight is 317 g/mol. The van der Waals surface area contributed by atoms with Crippen LogP contribution in [0.4, 0.5) is 0 Å². The van der Waals surface area contributed by atoms with Crippen molar-refractivity contribution in [1.82, 2.24) is 10.6 Å². The predicted molar refractivity (Wildman–Crippen MR) is 80.6 cm³/mol. The van der Waals surface area contributed by atoms with Crippen molar-refractivity contribution in [3.05, 3.63) is 28.2 Å². The number of carbonyl (C=O) groups is 1. The summed E-state index contributed by atoms with van der Waals surface area (Å²) in [6.07, 6.45) is 1.50. The quantitative estimate of drug-likeness (QED) is 0.897. The average Bonchev–Trinajstić information content (AvgIpc) is 2.44. The van der Waals surface area contributed by atoms with Crippen LogP contribution in [0.3, 0.4) is 0 Å². The standard InChI is InChI=1S/C14H18Cl2N2O2/c1-9(14(19)18-10-3-2-6-17-8-10)20-11-4-5-12(15)13(16)7-11/h4-5,7,9-10,17H,2-3,6,8H2,1H3,(H,18,19). The van der Waals surface area contributed by atoms with Crippen molar-refractivity contribution < 1.29 is 9.53 Å². The molecule has 2 rings (SSSR count). The van der Waals surface area contributed by atoms with Crippen molar-refractivity contribution in [1.29, 1.82) is 0 Å². The molecule has 1 heterocycles. The lowest BCUT2D eigenvalue weighted by Crippen LogP contribution is -2.49. The summed E-state index contributed by atoms with van der Waals surface area (Å²) in [4.78, 5) is 12.0. The molecule has 110 valence electrons. The van der Waals surface area contributed by atoms with E-state index in [1.54, 1.807) is 25.1 Å². The Labute approximate surface area is 128 Å². The summed E-state index contributed by atoms with van der Waals surface area (Å²) in [5, 5.41) is 7.11. The summed E-state index contributed by atoms with van der Waals surface area (Å²) in [7, 11) is 0. The summed E-state index contributed by atoms with van der Waals surface area (Å²) < 4.78 is 5.58. The number of ether oxygens (including phenoxy) is 1. The van der Waals surface area contributed by atoms with Gasteiger partial charge < -0.3 is 15.4 Å². The molecule has 1 amide bonds. The van der Waals surface area contributed by atoms with E-state index in [1.165, 1.54) is 0 Å². The highest BCUT2D eigenvalue weighted by molar-refractivity contribution is 6.42. The van der Waals surface area contributed by atoms with E-state index in [1.807, 2.05) is 0 Å². The second kappa shape index (κ2) is 7.16. The molecule has 0 bridgehead atoms. The molecule has 2 N–H and O–H groups in total. The van der Waals surface area contributed by atoms with Crippen LogP contribution in [-0.2, 0) is 4.79 Å². The Kier molecular flexibility index (Phi) is 5.52. The van der Waals surface area contributed by atoms with Crippen LogP contribution in [0.1, 0.15) is 19.8 Å². The van der Waals surface area contributed by atoms with E-state index in [0.717, 1.165) is 25.9 Å². The SMILES string of the molecule is CC(Oc1ccc(Cl)c(Cl)c1)C(=O)NC1CCCNC1. The van der Waals surface area contributed by atoms with Gasteiger partial charge in [-0.15, -0.1) is 0 Å². The third kappa shape index (κ3) is 4.27. The van der Waals surface area contributed by atoms with Crippen LogP contribution >= 0.6 is 23.2 Å². The van der Waals surface area contributed by atoms with Gasteiger partial charge in [-0.2, -0.15) is 0 Å². The van der Waals surface area contributed by atoms with Crippen LogP contribution in [0.2, 0.25) is 10.0 Å². The van der Waals surface area contributed by atoms with Gasteiger partial charge in [-0.05, 0) is 38.4 Å². The van der Waals surface area contributed by atoms with Gasteiger partial charge in [0.1, 0.15) is 5.75 Å². The molecule has 1 saturated heterocycles. The zero-order chi connectivity index (χ0) is 14.5. The number of piperidine rings is 1. The van der Waals surface area contributed by atoms with Gasteiger partial charge in [0.05, 0.1) is 10.0 Å². The van der Waals surface area contributed by atoms with Crippen LogP contribution < -0.4 is 15.4 Å². The molecule has 6 heteroatoms. The van der Waals surface area contributed by atoms with Gasteiger partial charge in [0.15, 0.2) is 6.10 Å². The second-order valence-corrected chi connectivity index (χ2v) is 5.70. The molecule has 0 saturated carbocycles. The van der Waals surface area contributed by atoms with Crippen molar-refractivity contribution in [2.45, 2.75) is 31.9 Å². The minimum atomic E-state index is -0.575. The van der Waals surface area contributed by atoms with Crippen molar-refractivity contribution in [3.8, 4) is 5.75 Å². The highest BCUT2D eigenvalue weighted by Crippen LogP contribution is 2.26. The van der Waals surface area contributed by atoms with E-state index >= 15 is 0 Å². The first kappa shape index (κ1) is 15.4. The summed E-state index contributed by atoms with van der Waals surface area (Å²) in [5.41, 5.74) is 0. The largest absolute Gasteiger partial charge is 0.481 e. The molecule has 2 unspecified atom stereocenters. The Balaban J connectivity index is 1.88. The maximum absolute atomic E-state index is 12.0. The Morgan fingerprint density at radius 1 is 1.45 bits per heavy atom. The number of hydrogen-bond acceptors (Lipinski definition) is 3. The van der Waals surface area contributed by atoms with Gasteiger partial charge in [-0.25, -0.2) is 0 Å². The number of hydrogen-bond donors (Lipinski definition) is 2. The zero-order valence-electron chi connectivity index (χ0n) is 11.3. The molecular weight excluding hydrogens is 299 g/mol. The van der Waals surface area contributed by atoms with Gasteiger partial charge in [0, 0.05) is 18.7 Å². The van der Waals surface area contributed by atoms with E-state index in [4.69, 9.17) is 27.9 Å². The van der Waals surface area contributed by atoms with Crippen molar-refractivity contribution in [2.75, 3.05) is 13.1 Å². The normalized spacial score (nSPS) is 20.2. The highest BCUT2D eigenvalue weighted by atomic mass is 35.5. The van der Waals surface area contributed by atoms with E-state index in [0.29, 0.717) is 15.8 Å². The van der Waals surface area contributed by atoms with Crippen molar-refractivity contribution in [2.24, 2.45) is 0 Å². The molecule has 20 heavy (non-hydrogen) atoms.